The van der Waals surface area contributed by atoms with E-state index in [0.29, 0.717) is 24.0 Å². The maximum absolute atomic E-state index is 11.1. The van der Waals surface area contributed by atoms with E-state index in [9.17, 15) is 4.79 Å². The molecule has 0 aromatic heterocycles. The highest BCUT2D eigenvalue weighted by molar-refractivity contribution is 6.04. The van der Waals surface area contributed by atoms with Gasteiger partial charge in [-0.3, -0.25) is 4.79 Å². The van der Waals surface area contributed by atoms with Crippen LogP contribution in [0.5, 0.6) is 5.75 Å². The fraction of sp³-hybridized carbons (Fsp3) is 0.429. The van der Waals surface area contributed by atoms with Crippen molar-refractivity contribution in [1.29, 1.82) is 5.41 Å². The third-order valence-electron chi connectivity index (χ3n) is 5.06. The molecule has 0 unspecified atom stereocenters. The van der Waals surface area contributed by atoms with Crippen LogP contribution in [-0.4, -0.2) is 36.0 Å². The molecule has 0 radical (unpaired) electrons. The molecule has 2 rings (SSSR count). The SMILES string of the molecule is CC#C[C@@H](CC(=O)O)c1ccc(OCc2ccc(C(=N)COC(C)C)c(NCC(C)C)c2)cc1. The monoisotopic (exact) mass is 464 g/mol. The van der Waals surface area contributed by atoms with Crippen molar-refractivity contribution in [3.05, 3.63) is 59.2 Å². The van der Waals surface area contributed by atoms with E-state index in [-0.39, 0.29) is 25.0 Å². The van der Waals surface area contributed by atoms with Crippen molar-refractivity contribution in [2.45, 2.75) is 59.7 Å². The van der Waals surface area contributed by atoms with Crippen molar-refractivity contribution in [2.24, 2.45) is 5.92 Å². The second-order valence-corrected chi connectivity index (χ2v) is 8.90. The third-order valence-corrected chi connectivity index (χ3v) is 5.06. The molecule has 0 bridgehead atoms. The molecule has 182 valence electrons. The minimum absolute atomic E-state index is 0.0310. The molecule has 0 aliphatic rings. The zero-order valence-corrected chi connectivity index (χ0v) is 20.8. The van der Waals surface area contributed by atoms with Gasteiger partial charge in [0.05, 0.1) is 30.8 Å². The number of ether oxygens (including phenoxy) is 2. The number of aliphatic carboxylic acids is 1. The summed E-state index contributed by atoms with van der Waals surface area (Å²) in [4.78, 5) is 11.1. The number of carbonyl (C=O) groups is 1. The minimum atomic E-state index is -0.873. The number of nitrogens with one attached hydrogen (secondary N) is 2. The second kappa shape index (κ2) is 13.4. The van der Waals surface area contributed by atoms with Gasteiger partial charge in [-0.25, -0.2) is 0 Å². The summed E-state index contributed by atoms with van der Waals surface area (Å²) in [5.74, 6) is 5.72. The zero-order valence-electron chi connectivity index (χ0n) is 20.8. The van der Waals surface area contributed by atoms with Crippen molar-refractivity contribution in [2.75, 3.05) is 18.5 Å². The van der Waals surface area contributed by atoms with Crippen molar-refractivity contribution < 1.29 is 19.4 Å². The largest absolute Gasteiger partial charge is 0.489 e. The van der Waals surface area contributed by atoms with E-state index in [1.807, 2.05) is 56.3 Å². The molecule has 0 aliphatic heterocycles. The lowest BCUT2D eigenvalue weighted by molar-refractivity contribution is -0.137. The fourth-order valence-corrected chi connectivity index (χ4v) is 3.30. The first kappa shape index (κ1) is 26.9. The Labute approximate surface area is 203 Å². The van der Waals surface area contributed by atoms with Gasteiger partial charge in [-0.15, -0.1) is 5.92 Å². The first-order chi connectivity index (χ1) is 16.2. The van der Waals surface area contributed by atoms with Gasteiger partial charge in [0.2, 0.25) is 0 Å². The number of carboxylic acid groups (broad SMARTS) is 1. The standard InChI is InChI=1S/C28H36N2O4/c1-6-7-23(15-28(31)32)22-9-11-24(12-10-22)34-17-21-8-13-25(26(29)18-33-20(4)5)27(14-21)30-16-19(2)3/h8-14,19-20,23,29-30H,15-18H2,1-5H3,(H,31,32)/t23-/m0/s1. The topological polar surface area (TPSA) is 91.6 Å². The average Bonchev–Trinajstić information content (AvgIpc) is 2.79. The molecule has 0 aliphatic carbocycles. The summed E-state index contributed by atoms with van der Waals surface area (Å²) in [5, 5.41) is 21.0. The van der Waals surface area contributed by atoms with Crippen molar-refractivity contribution in [3.63, 3.8) is 0 Å². The van der Waals surface area contributed by atoms with Gasteiger partial charge in [0.1, 0.15) is 12.4 Å². The summed E-state index contributed by atoms with van der Waals surface area (Å²) in [7, 11) is 0. The van der Waals surface area contributed by atoms with Gasteiger partial charge in [-0.1, -0.05) is 44.0 Å². The highest BCUT2D eigenvalue weighted by Crippen LogP contribution is 2.24. The average molecular weight is 465 g/mol. The molecule has 3 N–H and O–H groups in total. The number of anilines is 1. The Hall–Kier alpha value is -3.30. The summed E-state index contributed by atoms with van der Waals surface area (Å²) < 4.78 is 11.6. The number of hydrogen-bond donors (Lipinski definition) is 3. The molecule has 0 amide bonds. The maximum atomic E-state index is 11.1. The van der Waals surface area contributed by atoms with E-state index in [0.717, 1.165) is 28.9 Å². The van der Waals surface area contributed by atoms with E-state index < -0.39 is 5.97 Å². The summed E-state index contributed by atoms with van der Waals surface area (Å²) in [6.45, 7) is 11.4. The third kappa shape index (κ3) is 8.92. The van der Waals surface area contributed by atoms with Crippen LogP contribution in [0, 0.1) is 23.2 Å². The van der Waals surface area contributed by atoms with E-state index in [1.54, 1.807) is 6.92 Å². The number of hydrogen-bond acceptors (Lipinski definition) is 5. The molecule has 0 heterocycles. The fourth-order valence-electron chi connectivity index (χ4n) is 3.30. The van der Waals surface area contributed by atoms with Crippen LogP contribution < -0.4 is 10.1 Å². The van der Waals surface area contributed by atoms with Crippen LogP contribution in [0.1, 0.15) is 63.6 Å². The van der Waals surface area contributed by atoms with E-state index in [2.05, 4.69) is 31.0 Å². The second-order valence-electron chi connectivity index (χ2n) is 8.90. The van der Waals surface area contributed by atoms with Gasteiger partial charge < -0.3 is 25.3 Å². The Kier molecular flexibility index (Phi) is 10.6. The molecule has 6 nitrogen and oxygen atoms in total. The number of carboxylic acids is 1. The lowest BCUT2D eigenvalue weighted by atomic mass is 9.96. The lowest BCUT2D eigenvalue weighted by Gasteiger charge is -2.17. The van der Waals surface area contributed by atoms with Gasteiger partial charge in [0.15, 0.2) is 0 Å². The molecular formula is C28H36N2O4. The molecule has 0 saturated heterocycles. The van der Waals surface area contributed by atoms with Crippen molar-refractivity contribution in [1.82, 2.24) is 0 Å². The first-order valence-corrected chi connectivity index (χ1v) is 11.6. The number of rotatable bonds is 13. The van der Waals surface area contributed by atoms with Crippen LogP contribution in [0.2, 0.25) is 0 Å². The predicted octanol–water partition coefficient (Wildman–Crippen LogP) is 5.71. The van der Waals surface area contributed by atoms with Gasteiger partial charge in [0.25, 0.3) is 0 Å². The summed E-state index contributed by atoms with van der Waals surface area (Å²) in [6, 6.07) is 13.3. The number of benzene rings is 2. The van der Waals surface area contributed by atoms with Crippen LogP contribution in [0.4, 0.5) is 5.69 Å². The Morgan fingerprint density at radius 2 is 1.82 bits per heavy atom. The van der Waals surface area contributed by atoms with Gasteiger partial charge >= 0.3 is 5.97 Å². The molecule has 34 heavy (non-hydrogen) atoms. The van der Waals surface area contributed by atoms with Crippen LogP contribution >= 0.6 is 0 Å². The molecule has 6 heteroatoms. The Bertz CT molecular complexity index is 1020. The lowest BCUT2D eigenvalue weighted by Crippen LogP contribution is -2.17. The molecule has 0 saturated carbocycles. The van der Waals surface area contributed by atoms with Gasteiger partial charge in [-0.05, 0) is 56.0 Å². The summed E-state index contributed by atoms with van der Waals surface area (Å²) in [5.41, 5.74) is 4.01. The normalized spacial score (nSPS) is 11.6. The van der Waals surface area contributed by atoms with Crippen molar-refractivity contribution in [3.8, 4) is 17.6 Å². The molecule has 0 spiro atoms. The summed E-state index contributed by atoms with van der Waals surface area (Å²) >= 11 is 0. The predicted molar refractivity (Wildman–Crippen MR) is 137 cm³/mol. The smallest absolute Gasteiger partial charge is 0.304 e. The van der Waals surface area contributed by atoms with E-state index in [1.165, 1.54) is 0 Å². The van der Waals surface area contributed by atoms with Crippen LogP contribution in [0.3, 0.4) is 0 Å². The zero-order chi connectivity index (χ0) is 25.1. The Balaban J connectivity index is 2.12. The summed E-state index contributed by atoms with van der Waals surface area (Å²) in [6.07, 6.45) is 0.0384. The van der Waals surface area contributed by atoms with Crippen molar-refractivity contribution >= 4 is 17.4 Å². The van der Waals surface area contributed by atoms with E-state index >= 15 is 0 Å². The Morgan fingerprint density at radius 1 is 1.12 bits per heavy atom. The molecule has 0 fully saturated rings. The maximum Gasteiger partial charge on any atom is 0.304 e. The van der Waals surface area contributed by atoms with Crippen LogP contribution in [0.25, 0.3) is 0 Å². The quantitative estimate of drug-likeness (QED) is 0.261. The molecule has 1 atom stereocenters. The highest BCUT2D eigenvalue weighted by Gasteiger charge is 2.14. The molecule has 2 aromatic rings. The minimum Gasteiger partial charge on any atom is -0.489 e. The molecule has 2 aromatic carbocycles. The van der Waals surface area contributed by atoms with Crippen LogP contribution in [0.15, 0.2) is 42.5 Å². The van der Waals surface area contributed by atoms with E-state index in [4.69, 9.17) is 20.0 Å². The van der Waals surface area contributed by atoms with Crippen LogP contribution in [-0.2, 0) is 16.1 Å². The highest BCUT2D eigenvalue weighted by atomic mass is 16.5. The Morgan fingerprint density at radius 3 is 2.41 bits per heavy atom. The van der Waals surface area contributed by atoms with Gasteiger partial charge in [-0.2, -0.15) is 0 Å². The molecular weight excluding hydrogens is 428 g/mol. The first-order valence-electron chi connectivity index (χ1n) is 11.6. The van der Waals surface area contributed by atoms with Gasteiger partial charge in [0, 0.05) is 17.8 Å².